The highest BCUT2D eigenvalue weighted by Gasteiger charge is 2.12. The molecule has 2 nitrogen and oxygen atoms in total. The number of nitrogens with zero attached hydrogens (tertiary/aromatic N) is 1. The number of benzene rings is 2. The molecule has 2 aromatic carbocycles. The van der Waals surface area contributed by atoms with Gasteiger partial charge in [-0.1, -0.05) is 59.7 Å². The van der Waals surface area contributed by atoms with E-state index >= 15 is 0 Å². The van der Waals surface area contributed by atoms with Gasteiger partial charge in [0, 0.05) is 23.4 Å². The largest absolute Gasteiger partial charge is 0.454 e. The van der Waals surface area contributed by atoms with Crippen molar-refractivity contribution in [1.82, 2.24) is 4.98 Å². The van der Waals surface area contributed by atoms with Gasteiger partial charge in [-0.15, -0.1) is 0 Å². The summed E-state index contributed by atoms with van der Waals surface area (Å²) < 4.78 is 6.15. The lowest BCUT2D eigenvalue weighted by molar-refractivity contribution is 0.632. The van der Waals surface area contributed by atoms with Gasteiger partial charge in [0.1, 0.15) is 11.3 Å². The summed E-state index contributed by atoms with van der Waals surface area (Å²) in [6, 6.07) is 20.9. The molecule has 0 aliphatic carbocycles. The Kier molecular flexibility index (Phi) is 3.23. The van der Waals surface area contributed by atoms with E-state index in [1.165, 1.54) is 11.1 Å². The molecule has 0 saturated heterocycles. The smallest absolute Gasteiger partial charge is 0.161 e. The van der Waals surface area contributed by atoms with Crippen molar-refractivity contribution < 1.29 is 4.42 Å². The van der Waals surface area contributed by atoms with E-state index in [4.69, 9.17) is 4.42 Å². The second kappa shape index (κ2) is 5.40. The lowest BCUT2D eigenvalue weighted by atomic mass is 10.0. The van der Waals surface area contributed by atoms with Crippen molar-refractivity contribution in [2.45, 2.75) is 13.8 Å². The molecule has 0 fully saturated rings. The number of aromatic nitrogens is 1. The van der Waals surface area contributed by atoms with E-state index in [0.717, 1.165) is 33.6 Å². The zero-order chi connectivity index (χ0) is 15.8. The van der Waals surface area contributed by atoms with Crippen molar-refractivity contribution in [2.75, 3.05) is 0 Å². The first-order chi connectivity index (χ1) is 11.2. The highest BCUT2D eigenvalue weighted by molar-refractivity contribution is 5.92. The van der Waals surface area contributed by atoms with E-state index in [1.54, 1.807) is 0 Å². The minimum absolute atomic E-state index is 0.840. The van der Waals surface area contributed by atoms with Crippen molar-refractivity contribution in [1.29, 1.82) is 0 Å². The molecular weight excluding hydrogens is 282 g/mol. The molecule has 4 aromatic rings. The Morgan fingerprint density at radius 2 is 1.35 bits per heavy atom. The normalized spacial score (nSPS) is 11.0. The zero-order valence-electron chi connectivity index (χ0n) is 13.2. The summed E-state index contributed by atoms with van der Waals surface area (Å²) in [5, 5.41) is 0. The third kappa shape index (κ3) is 2.53. The Balaban J connectivity index is 1.87. The van der Waals surface area contributed by atoms with Gasteiger partial charge >= 0.3 is 0 Å². The predicted molar refractivity (Wildman–Crippen MR) is 94.4 cm³/mol. The van der Waals surface area contributed by atoms with Gasteiger partial charge in [0.25, 0.3) is 0 Å². The third-order valence-electron chi connectivity index (χ3n) is 4.11. The van der Waals surface area contributed by atoms with Gasteiger partial charge in [-0.05, 0) is 25.5 Å². The molecule has 0 saturated carbocycles. The first-order valence-corrected chi connectivity index (χ1v) is 7.73. The standard InChI is InChI=1S/C21H17NO/c1-14-3-7-16(8-4-14)18-11-12-22-19-13-20(23-21(18)19)17-9-5-15(2)6-10-17/h3-13H,1-2H3. The van der Waals surface area contributed by atoms with Crippen LogP contribution in [0.1, 0.15) is 11.1 Å². The number of hydrogen-bond donors (Lipinski definition) is 0. The van der Waals surface area contributed by atoms with Gasteiger partial charge in [-0.3, -0.25) is 4.98 Å². The Morgan fingerprint density at radius 3 is 2.00 bits per heavy atom. The molecule has 0 bridgehead atoms. The van der Waals surface area contributed by atoms with Crippen LogP contribution in [0, 0.1) is 13.8 Å². The van der Waals surface area contributed by atoms with Crippen molar-refractivity contribution in [2.24, 2.45) is 0 Å². The predicted octanol–water partition coefficient (Wildman–Crippen LogP) is 5.78. The molecule has 23 heavy (non-hydrogen) atoms. The van der Waals surface area contributed by atoms with Gasteiger partial charge in [0.05, 0.1) is 0 Å². The second-order valence-corrected chi connectivity index (χ2v) is 5.92. The topological polar surface area (TPSA) is 26.0 Å². The van der Waals surface area contributed by atoms with Crippen LogP contribution in [0.4, 0.5) is 0 Å². The Hall–Kier alpha value is -2.87. The summed E-state index contributed by atoms with van der Waals surface area (Å²) >= 11 is 0. The summed E-state index contributed by atoms with van der Waals surface area (Å²) in [5.41, 5.74) is 7.51. The highest BCUT2D eigenvalue weighted by Crippen LogP contribution is 2.33. The van der Waals surface area contributed by atoms with Crippen LogP contribution < -0.4 is 0 Å². The van der Waals surface area contributed by atoms with Crippen molar-refractivity contribution in [3.8, 4) is 22.5 Å². The monoisotopic (exact) mass is 299 g/mol. The molecule has 0 aliphatic heterocycles. The summed E-state index contributed by atoms with van der Waals surface area (Å²) in [5.74, 6) is 0.854. The summed E-state index contributed by atoms with van der Waals surface area (Å²) in [7, 11) is 0. The molecule has 0 radical (unpaired) electrons. The molecule has 2 heterocycles. The van der Waals surface area contributed by atoms with E-state index < -0.39 is 0 Å². The van der Waals surface area contributed by atoms with Gasteiger partial charge in [0.2, 0.25) is 0 Å². The Morgan fingerprint density at radius 1 is 0.739 bits per heavy atom. The van der Waals surface area contributed by atoms with Crippen LogP contribution in [-0.4, -0.2) is 4.98 Å². The van der Waals surface area contributed by atoms with Crippen LogP contribution in [-0.2, 0) is 0 Å². The summed E-state index contributed by atoms with van der Waals surface area (Å²) in [6.07, 6.45) is 1.84. The number of rotatable bonds is 2. The Bertz CT molecular complexity index is 963. The maximum Gasteiger partial charge on any atom is 0.161 e. The van der Waals surface area contributed by atoms with E-state index in [9.17, 15) is 0 Å². The van der Waals surface area contributed by atoms with Gasteiger partial charge in [-0.25, -0.2) is 0 Å². The molecule has 0 spiro atoms. The van der Waals surface area contributed by atoms with E-state index in [0.29, 0.717) is 0 Å². The third-order valence-corrected chi connectivity index (χ3v) is 4.11. The number of aryl methyl sites for hydroxylation is 2. The Labute approximate surface area is 135 Å². The molecule has 2 heteroatoms. The van der Waals surface area contributed by atoms with Crippen LogP contribution in [0.3, 0.4) is 0 Å². The maximum absolute atomic E-state index is 6.15. The fourth-order valence-corrected chi connectivity index (χ4v) is 2.76. The average Bonchev–Trinajstić information content (AvgIpc) is 3.00. The highest BCUT2D eigenvalue weighted by atomic mass is 16.3. The van der Waals surface area contributed by atoms with E-state index in [1.807, 2.05) is 18.3 Å². The molecule has 112 valence electrons. The number of hydrogen-bond acceptors (Lipinski definition) is 2. The van der Waals surface area contributed by atoms with Crippen molar-refractivity contribution in [3.05, 3.63) is 78.0 Å². The van der Waals surface area contributed by atoms with Crippen LogP contribution in [0.15, 0.2) is 71.3 Å². The average molecular weight is 299 g/mol. The van der Waals surface area contributed by atoms with Crippen LogP contribution in [0.25, 0.3) is 33.6 Å². The lowest BCUT2D eigenvalue weighted by Crippen LogP contribution is -1.81. The second-order valence-electron chi connectivity index (χ2n) is 5.92. The molecule has 4 rings (SSSR count). The first-order valence-electron chi connectivity index (χ1n) is 7.73. The molecular formula is C21H17NO. The fraction of sp³-hybridized carbons (Fsp3) is 0.0952. The van der Waals surface area contributed by atoms with Gasteiger partial charge in [-0.2, -0.15) is 0 Å². The van der Waals surface area contributed by atoms with Gasteiger partial charge < -0.3 is 4.42 Å². The fourth-order valence-electron chi connectivity index (χ4n) is 2.76. The molecule has 0 unspecified atom stereocenters. The van der Waals surface area contributed by atoms with Gasteiger partial charge in [0.15, 0.2) is 5.58 Å². The molecule has 0 atom stereocenters. The first kappa shape index (κ1) is 13.8. The molecule has 0 amide bonds. The molecule has 0 N–H and O–H groups in total. The lowest BCUT2D eigenvalue weighted by Gasteiger charge is -2.03. The van der Waals surface area contributed by atoms with Crippen LogP contribution >= 0.6 is 0 Å². The summed E-state index contributed by atoms with van der Waals surface area (Å²) in [4.78, 5) is 4.45. The molecule has 0 aliphatic rings. The van der Waals surface area contributed by atoms with Crippen molar-refractivity contribution >= 4 is 11.1 Å². The maximum atomic E-state index is 6.15. The van der Waals surface area contributed by atoms with E-state index in [2.05, 4.69) is 67.4 Å². The molecule has 2 aromatic heterocycles. The van der Waals surface area contributed by atoms with Crippen molar-refractivity contribution in [3.63, 3.8) is 0 Å². The summed E-state index contributed by atoms with van der Waals surface area (Å²) in [6.45, 7) is 4.17. The van der Waals surface area contributed by atoms with Crippen LogP contribution in [0.2, 0.25) is 0 Å². The number of fused-ring (bicyclic) bond motifs is 1. The number of pyridine rings is 1. The minimum atomic E-state index is 0.840. The zero-order valence-corrected chi connectivity index (χ0v) is 13.2. The van der Waals surface area contributed by atoms with E-state index in [-0.39, 0.29) is 0 Å². The number of furan rings is 1. The van der Waals surface area contributed by atoms with Crippen LogP contribution in [0.5, 0.6) is 0 Å². The quantitative estimate of drug-likeness (QED) is 0.469. The minimum Gasteiger partial charge on any atom is -0.454 e. The SMILES string of the molecule is Cc1ccc(-c2cc3nccc(-c4ccc(C)cc4)c3o2)cc1.